The molecule has 2 aromatic rings. The fraction of sp³-hybridized carbons (Fsp3) is 0.188. The molecule has 1 unspecified atom stereocenters. The fourth-order valence-electron chi connectivity index (χ4n) is 1.92. The van der Waals surface area contributed by atoms with Crippen LogP contribution in [0.3, 0.4) is 0 Å². The predicted molar refractivity (Wildman–Crippen MR) is 81.0 cm³/mol. The largest absolute Gasteiger partial charge is 0.474 e. The maximum Gasteiger partial charge on any atom is 0.417 e. The standard InChI is InChI=1S/C16H12BrF3O3/c1-22-15(21)14(10-5-3-2-4-6-10)23-11-7-8-13(17)12(9-11)16(18,19)20/h2-9,14H,1H3. The first-order chi connectivity index (χ1) is 10.8. The van der Waals surface area contributed by atoms with Crippen LogP contribution in [0.25, 0.3) is 0 Å². The molecule has 0 heterocycles. The second kappa shape index (κ2) is 7.04. The SMILES string of the molecule is COC(=O)C(Oc1ccc(Br)c(C(F)(F)F)c1)c1ccccc1. The van der Waals surface area contributed by atoms with Crippen LogP contribution in [0.5, 0.6) is 5.75 Å². The van der Waals surface area contributed by atoms with Crippen molar-refractivity contribution in [3.05, 3.63) is 64.1 Å². The van der Waals surface area contributed by atoms with Gasteiger partial charge in [-0.2, -0.15) is 13.2 Å². The van der Waals surface area contributed by atoms with Gasteiger partial charge in [0.15, 0.2) is 0 Å². The average Bonchev–Trinajstić information content (AvgIpc) is 2.53. The molecule has 0 saturated carbocycles. The van der Waals surface area contributed by atoms with E-state index in [1.165, 1.54) is 19.2 Å². The van der Waals surface area contributed by atoms with Gasteiger partial charge in [-0.05, 0) is 18.2 Å². The lowest BCUT2D eigenvalue weighted by molar-refractivity contribution is -0.149. The van der Waals surface area contributed by atoms with Crippen LogP contribution in [0.15, 0.2) is 53.0 Å². The van der Waals surface area contributed by atoms with E-state index in [0.29, 0.717) is 5.56 Å². The Morgan fingerprint density at radius 2 is 1.78 bits per heavy atom. The molecule has 0 saturated heterocycles. The first kappa shape index (κ1) is 17.3. The number of hydrogen-bond acceptors (Lipinski definition) is 3. The third-order valence-corrected chi connectivity index (χ3v) is 3.71. The van der Waals surface area contributed by atoms with Crippen LogP contribution >= 0.6 is 15.9 Å². The van der Waals surface area contributed by atoms with E-state index in [0.717, 1.165) is 6.07 Å². The first-order valence-corrected chi connectivity index (χ1v) is 7.28. The number of ether oxygens (including phenoxy) is 2. The molecular weight excluding hydrogens is 377 g/mol. The normalized spacial score (nSPS) is 12.6. The van der Waals surface area contributed by atoms with Gasteiger partial charge in [-0.1, -0.05) is 46.3 Å². The molecular formula is C16H12BrF3O3. The molecule has 0 amide bonds. The molecule has 122 valence electrons. The highest BCUT2D eigenvalue weighted by molar-refractivity contribution is 9.10. The molecule has 7 heteroatoms. The highest BCUT2D eigenvalue weighted by atomic mass is 79.9. The van der Waals surface area contributed by atoms with Gasteiger partial charge in [-0.15, -0.1) is 0 Å². The lowest BCUT2D eigenvalue weighted by atomic mass is 10.1. The zero-order valence-corrected chi connectivity index (χ0v) is 13.5. The maximum atomic E-state index is 12.9. The van der Waals surface area contributed by atoms with E-state index in [-0.39, 0.29) is 10.2 Å². The van der Waals surface area contributed by atoms with Crippen molar-refractivity contribution in [1.82, 2.24) is 0 Å². The summed E-state index contributed by atoms with van der Waals surface area (Å²) < 4.78 is 48.8. The number of esters is 1. The lowest BCUT2D eigenvalue weighted by Crippen LogP contribution is -2.20. The molecule has 3 nitrogen and oxygen atoms in total. The molecule has 2 rings (SSSR count). The predicted octanol–water partition coefficient (Wildman–Crippen LogP) is 4.76. The molecule has 0 aromatic heterocycles. The molecule has 0 bridgehead atoms. The molecule has 23 heavy (non-hydrogen) atoms. The van der Waals surface area contributed by atoms with E-state index in [9.17, 15) is 18.0 Å². The number of halogens is 4. The Bertz CT molecular complexity index is 687. The Balaban J connectivity index is 2.36. The van der Waals surface area contributed by atoms with Crippen LogP contribution < -0.4 is 4.74 Å². The number of carbonyl (C=O) groups excluding carboxylic acids is 1. The minimum Gasteiger partial charge on any atom is -0.474 e. The van der Waals surface area contributed by atoms with Gasteiger partial charge >= 0.3 is 12.1 Å². The van der Waals surface area contributed by atoms with E-state index < -0.39 is 23.8 Å². The summed E-state index contributed by atoms with van der Waals surface area (Å²) in [6.07, 6.45) is -5.69. The Kier molecular flexibility index (Phi) is 5.30. The van der Waals surface area contributed by atoms with Crippen LogP contribution in [0.1, 0.15) is 17.2 Å². The Morgan fingerprint density at radius 3 is 2.35 bits per heavy atom. The van der Waals surface area contributed by atoms with Gasteiger partial charge in [-0.3, -0.25) is 0 Å². The highest BCUT2D eigenvalue weighted by Crippen LogP contribution is 2.37. The summed E-state index contributed by atoms with van der Waals surface area (Å²) in [6.45, 7) is 0. The van der Waals surface area contributed by atoms with Crippen LogP contribution in [0, 0.1) is 0 Å². The van der Waals surface area contributed by atoms with Crippen molar-refractivity contribution in [2.45, 2.75) is 12.3 Å². The Labute approximate surface area is 139 Å². The number of alkyl halides is 3. The van der Waals surface area contributed by atoms with E-state index >= 15 is 0 Å². The number of carbonyl (C=O) groups is 1. The van der Waals surface area contributed by atoms with Crippen LogP contribution in [-0.4, -0.2) is 13.1 Å². The topological polar surface area (TPSA) is 35.5 Å². The van der Waals surface area contributed by atoms with Crippen LogP contribution in [0.4, 0.5) is 13.2 Å². The van der Waals surface area contributed by atoms with E-state index in [2.05, 4.69) is 20.7 Å². The highest BCUT2D eigenvalue weighted by Gasteiger charge is 2.34. The summed E-state index contributed by atoms with van der Waals surface area (Å²) in [5, 5.41) is 0. The van der Waals surface area contributed by atoms with Crippen molar-refractivity contribution >= 4 is 21.9 Å². The van der Waals surface area contributed by atoms with Gasteiger partial charge in [0, 0.05) is 10.0 Å². The van der Waals surface area contributed by atoms with Crippen molar-refractivity contribution in [3.8, 4) is 5.75 Å². The first-order valence-electron chi connectivity index (χ1n) is 6.49. The second-order valence-corrected chi connectivity index (χ2v) is 5.43. The van der Waals surface area contributed by atoms with Gasteiger partial charge in [0.2, 0.25) is 6.10 Å². The van der Waals surface area contributed by atoms with Gasteiger partial charge in [0.1, 0.15) is 5.75 Å². The van der Waals surface area contributed by atoms with Crippen molar-refractivity contribution in [2.75, 3.05) is 7.11 Å². The summed E-state index contributed by atoms with van der Waals surface area (Å²) in [5.74, 6) is -0.785. The molecule has 0 spiro atoms. The van der Waals surface area contributed by atoms with Crippen molar-refractivity contribution < 1.29 is 27.4 Å². The molecule has 0 aliphatic heterocycles. The molecule has 0 aliphatic rings. The smallest absolute Gasteiger partial charge is 0.417 e. The summed E-state index contributed by atoms with van der Waals surface area (Å²) >= 11 is 2.85. The molecule has 1 atom stereocenters. The zero-order valence-electron chi connectivity index (χ0n) is 11.9. The molecule has 0 fully saturated rings. The third-order valence-electron chi connectivity index (χ3n) is 3.01. The summed E-state index contributed by atoms with van der Waals surface area (Å²) in [6, 6.07) is 11.8. The fourth-order valence-corrected chi connectivity index (χ4v) is 2.39. The molecule has 0 aliphatic carbocycles. The van der Waals surface area contributed by atoms with Crippen molar-refractivity contribution in [2.24, 2.45) is 0 Å². The Hall–Kier alpha value is -2.02. The molecule has 0 radical (unpaired) electrons. The minimum absolute atomic E-state index is 0.0835. The average molecular weight is 389 g/mol. The lowest BCUT2D eigenvalue weighted by Gasteiger charge is -2.18. The maximum absolute atomic E-state index is 12.9. The number of benzene rings is 2. The van der Waals surface area contributed by atoms with E-state index in [4.69, 9.17) is 4.74 Å². The zero-order chi connectivity index (χ0) is 17.0. The summed E-state index contributed by atoms with van der Waals surface area (Å²) in [7, 11) is 1.18. The van der Waals surface area contributed by atoms with E-state index in [1.807, 2.05) is 0 Å². The summed E-state index contributed by atoms with van der Waals surface area (Å²) in [5.41, 5.74) is -0.400. The quantitative estimate of drug-likeness (QED) is 0.708. The number of methoxy groups -OCH3 is 1. The van der Waals surface area contributed by atoms with Crippen molar-refractivity contribution in [3.63, 3.8) is 0 Å². The number of hydrogen-bond donors (Lipinski definition) is 0. The molecule has 2 aromatic carbocycles. The van der Waals surface area contributed by atoms with Gasteiger partial charge < -0.3 is 9.47 Å². The van der Waals surface area contributed by atoms with Gasteiger partial charge in [0.05, 0.1) is 12.7 Å². The van der Waals surface area contributed by atoms with Gasteiger partial charge in [-0.25, -0.2) is 4.79 Å². The van der Waals surface area contributed by atoms with Crippen molar-refractivity contribution in [1.29, 1.82) is 0 Å². The van der Waals surface area contributed by atoms with Gasteiger partial charge in [0.25, 0.3) is 0 Å². The summed E-state index contributed by atoms with van der Waals surface area (Å²) in [4.78, 5) is 11.9. The molecule has 0 N–H and O–H groups in total. The second-order valence-electron chi connectivity index (χ2n) is 4.57. The third kappa shape index (κ3) is 4.25. The number of rotatable bonds is 4. The monoisotopic (exact) mass is 388 g/mol. The van der Waals surface area contributed by atoms with Crippen LogP contribution in [0.2, 0.25) is 0 Å². The minimum atomic E-state index is -4.54. The Morgan fingerprint density at radius 1 is 1.13 bits per heavy atom. The van der Waals surface area contributed by atoms with Crippen LogP contribution in [-0.2, 0) is 15.7 Å². The van der Waals surface area contributed by atoms with E-state index in [1.54, 1.807) is 30.3 Å².